The zero-order valence-corrected chi connectivity index (χ0v) is 16.6. The lowest BCUT2D eigenvalue weighted by Gasteiger charge is -2.26. The van der Waals surface area contributed by atoms with E-state index in [2.05, 4.69) is 11.2 Å². The van der Waals surface area contributed by atoms with Crippen molar-refractivity contribution in [3.63, 3.8) is 0 Å². The summed E-state index contributed by atoms with van der Waals surface area (Å²) in [7, 11) is 0. The Bertz CT molecular complexity index is 1060. The molecule has 0 atom stereocenters. The van der Waals surface area contributed by atoms with Crippen molar-refractivity contribution in [1.29, 1.82) is 0 Å². The van der Waals surface area contributed by atoms with Crippen LogP contribution in [-0.2, 0) is 9.59 Å². The Morgan fingerprint density at radius 2 is 1.80 bits per heavy atom. The molecule has 0 unspecified atom stereocenters. The van der Waals surface area contributed by atoms with Crippen molar-refractivity contribution in [2.45, 2.75) is 13.8 Å². The summed E-state index contributed by atoms with van der Waals surface area (Å²) < 4.78 is 11.0. The number of nitrogens with zero attached hydrogens (tertiary/aromatic N) is 1. The number of amides is 4. The molecule has 7 nitrogen and oxygen atoms in total. The van der Waals surface area contributed by atoms with Gasteiger partial charge in [-0.3, -0.25) is 14.9 Å². The summed E-state index contributed by atoms with van der Waals surface area (Å²) in [4.78, 5) is 38.5. The van der Waals surface area contributed by atoms with Crippen LogP contribution < -0.4 is 19.7 Å². The highest BCUT2D eigenvalue weighted by Gasteiger charge is 2.36. The maximum absolute atomic E-state index is 13.0. The molecule has 1 aliphatic rings. The van der Waals surface area contributed by atoms with Crippen molar-refractivity contribution in [3.05, 3.63) is 59.2 Å². The third-order valence-electron chi connectivity index (χ3n) is 4.28. The van der Waals surface area contributed by atoms with E-state index in [4.69, 9.17) is 15.9 Å². The number of nitrogens with one attached hydrogen (secondary N) is 1. The molecule has 30 heavy (non-hydrogen) atoms. The van der Waals surface area contributed by atoms with Crippen molar-refractivity contribution < 1.29 is 23.9 Å². The van der Waals surface area contributed by atoms with Crippen LogP contribution in [0.5, 0.6) is 11.5 Å². The van der Waals surface area contributed by atoms with Gasteiger partial charge in [-0.25, -0.2) is 9.69 Å². The minimum Gasteiger partial charge on any atom is -0.490 e. The zero-order chi connectivity index (χ0) is 21.7. The van der Waals surface area contributed by atoms with Gasteiger partial charge in [0.05, 0.1) is 12.3 Å². The Balaban J connectivity index is 1.96. The van der Waals surface area contributed by atoms with Crippen molar-refractivity contribution in [3.8, 4) is 23.8 Å². The molecular weight excluding hydrogens is 384 g/mol. The number of carbonyl (C=O) groups is 3. The van der Waals surface area contributed by atoms with Gasteiger partial charge in [-0.15, -0.1) is 6.42 Å². The second-order valence-corrected chi connectivity index (χ2v) is 6.43. The first-order valence-electron chi connectivity index (χ1n) is 9.25. The van der Waals surface area contributed by atoms with Gasteiger partial charge in [-0.1, -0.05) is 29.7 Å². The van der Waals surface area contributed by atoms with E-state index in [-0.39, 0.29) is 12.2 Å². The molecule has 2 aromatic carbocycles. The average molecular weight is 404 g/mol. The monoisotopic (exact) mass is 404 g/mol. The van der Waals surface area contributed by atoms with Crippen LogP contribution in [-0.4, -0.2) is 31.1 Å². The highest BCUT2D eigenvalue weighted by atomic mass is 16.5. The number of carbonyl (C=O) groups excluding carboxylic acids is 3. The molecule has 3 rings (SSSR count). The SMILES string of the molecule is C#CCOc1ccc(/C=C2/C(=O)NC(=O)N(c3ccc(C)cc3)C2=O)cc1OCC. The van der Waals surface area contributed by atoms with Crippen LogP contribution in [0.1, 0.15) is 18.1 Å². The lowest BCUT2D eigenvalue weighted by molar-refractivity contribution is -0.122. The van der Waals surface area contributed by atoms with Gasteiger partial charge < -0.3 is 9.47 Å². The first-order chi connectivity index (χ1) is 14.4. The highest BCUT2D eigenvalue weighted by molar-refractivity contribution is 6.39. The maximum atomic E-state index is 13.0. The smallest absolute Gasteiger partial charge is 0.335 e. The predicted molar refractivity (Wildman–Crippen MR) is 112 cm³/mol. The zero-order valence-electron chi connectivity index (χ0n) is 16.6. The standard InChI is InChI=1S/C23H20N2O5/c1-4-12-30-19-11-8-16(14-20(19)29-5-2)13-18-21(26)24-23(28)25(22(18)27)17-9-6-15(3)7-10-17/h1,6-11,13-14H,5,12H2,2-3H3,(H,24,26,28)/b18-13-. The number of rotatable bonds is 6. The molecule has 1 N–H and O–H groups in total. The lowest BCUT2D eigenvalue weighted by Crippen LogP contribution is -2.54. The summed E-state index contributed by atoms with van der Waals surface area (Å²) in [5.74, 6) is 1.79. The number of imide groups is 2. The topological polar surface area (TPSA) is 84.9 Å². The molecule has 0 saturated carbocycles. The van der Waals surface area contributed by atoms with Gasteiger partial charge in [0.1, 0.15) is 12.2 Å². The summed E-state index contributed by atoms with van der Waals surface area (Å²) in [5.41, 5.74) is 1.71. The summed E-state index contributed by atoms with van der Waals surface area (Å²) in [6, 6.07) is 11.0. The molecule has 0 bridgehead atoms. The van der Waals surface area contributed by atoms with E-state index in [1.165, 1.54) is 6.08 Å². The van der Waals surface area contributed by atoms with Crippen LogP contribution in [0.2, 0.25) is 0 Å². The molecule has 7 heteroatoms. The fraction of sp³-hybridized carbons (Fsp3) is 0.174. The predicted octanol–water partition coefficient (Wildman–Crippen LogP) is 3.07. The first kappa shape index (κ1) is 20.7. The summed E-state index contributed by atoms with van der Waals surface area (Å²) in [6.07, 6.45) is 6.63. The number of aryl methyl sites for hydroxylation is 1. The summed E-state index contributed by atoms with van der Waals surface area (Å²) in [6.45, 7) is 4.18. The Morgan fingerprint density at radius 3 is 2.47 bits per heavy atom. The number of anilines is 1. The van der Waals surface area contributed by atoms with Crippen molar-refractivity contribution in [1.82, 2.24) is 5.32 Å². The van der Waals surface area contributed by atoms with E-state index >= 15 is 0 Å². The van der Waals surface area contributed by atoms with Crippen LogP contribution in [0.25, 0.3) is 6.08 Å². The van der Waals surface area contributed by atoms with E-state index in [1.807, 2.05) is 13.8 Å². The molecule has 0 spiro atoms. The molecule has 1 saturated heterocycles. The van der Waals surface area contributed by atoms with Crippen LogP contribution in [0, 0.1) is 19.3 Å². The molecule has 1 aliphatic heterocycles. The third kappa shape index (κ3) is 4.33. The van der Waals surface area contributed by atoms with Crippen LogP contribution in [0.15, 0.2) is 48.0 Å². The number of benzene rings is 2. The van der Waals surface area contributed by atoms with Crippen LogP contribution >= 0.6 is 0 Å². The van der Waals surface area contributed by atoms with Crippen molar-refractivity contribution >= 4 is 29.6 Å². The Hall–Kier alpha value is -4.05. The van der Waals surface area contributed by atoms with Gasteiger partial charge in [0, 0.05) is 0 Å². The molecule has 2 aromatic rings. The Labute approximate surface area is 174 Å². The number of hydrogen-bond donors (Lipinski definition) is 1. The molecule has 1 fully saturated rings. The van der Waals surface area contributed by atoms with Gasteiger partial charge in [0.25, 0.3) is 11.8 Å². The van der Waals surface area contributed by atoms with Gasteiger partial charge in [0.15, 0.2) is 11.5 Å². The largest absolute Gasteiger partial charge is 0.490 e. The van der Waals surface area contributed by atoms with Gasteiger partial charge in [0.2, 0.25) is 0 Å². The Kier molecular flexibility index (Phi) is 6.18. The van der Waals surface area contributed by atoms with Crippen molar-refractivity contribution in [2.24, 2.45) is 0 Å². The molecule has 0 aromatic heterocycles. The minimum atomic E-state index is -0.793. The van der Waals surface area contributed by atoms with E-state index in [0.717, 1.165) is 10.5 Å². The third-order valence-corrected chi connectivity index (χ3v) is 4.28. The molecule has 4 amide bonds. The van der Waals surface area contributed by atoms with E-state index in [1.54, 1.807) is 42.5 Å². The van der Waals surface area contributed by atoms with E-state index in [9.17, 15) is 14.4 Å². The van der Waals surface area contributed by atoms with E-state index < -0.39 is 17.8 Å². The highest BCUT2D eigenvalue weighted by Crippen LogP contribution is 2.30. The normalized spacial score (nSPS) is 15.0. The molecule has 0 radical (unpaired) electrons. The minimum absolute atomic E-state index is 0.0784. The van der Waals surface area contributed by atoms with Crippen LogP contribution in [0.3, 0.4) is 0 Å². The molecule has 1 heterocycles. The molecular formula is C23H20N2O5. The molecule has 152 valence electrons. The number of hydrogen-bond acceptors (Lipinski definition) is 5. The van der Waals surface area contributed by atoms with Gasteiger partial charge in [-0.05, 0) is 49.8 Å². The van der Waals surface area contributed by atoms with Crippen LogP contribution in [0.4, 0.5) is 10.5 Å². The number of terminal acetylenes is 1. The number of barbiturate groups is 1. The quantitative estimate of drug-likeness (QED) is 0.454. The Morgan fingerprint density at radius 1 is 1.07 bits per heavy atom. The molecule has 0 aliphatic carbocycles. The number of urea groups is 1. The second kappa shape index (κ2) is 8.97. The second-order valence-electron chi connectivity index (χ2n) is 6.43. The number of ether oxygens (including phenoxy) is 2. The van der Waals surface area contributed by atoms with E-state index in [0.29, 0.717) is 29.4 Å². The fourth-order valence-corrected chi connectivity index (χ4v) is 2.87. The van der Waals surface area contributed by atoms with Gasteiger partial charge in [-0.2, -0.15) is 0 Å². The maximum Gasteiger partial charge on any atom is 0.335 e. The fourth-order valence-electron chi connectivity index (χ4n) is 2.87. The lowest BCUT2D eigenvalue weighted by atomic mass is 10.1. The summed E-state index contributed by atoms with van der Waals surface area (Å²) in [5, 5.41) is 2.20. The summed E-state index contributed by atoms with van der Waals surface area (Å²) >= 11 is 0. The van der Waals surface area contributed by atoms with Gasteiger partial charge >= 0.3 is 6.03 Å². The first-order valence-corrected chi connectivity index (χ1v) is 9.25. The average Bonchev–Trinajstić information content (AvgIpc) is 2.72. The van der Waals surface area contributed by atoms with Crippen molar-refractivity contribution in [2.75, 3.05) is 18.1 Å².